The molecule has 3 rings (SSSR count). The lowest BCUT2D eigenvalue weighted by molar-refractivity contribution is -0.120. The van der Waals surface area contributed by atoms with Gasteiger partial charge in [-0.2, -0.15) is 0 Å². The molecule has 0 saturated heterocycles. The number of amides is 1. The van der Waals surface area contributed by atoms with Crippen LogP contribution >= 0.6 is 11.6 Å². The van der Waals surface area contributed by atoms with E-state index in [2.05, 4.69) is 12.2 Å². The minimum absolute atomic E-state index is 0.0348. The summed E-state index contributed by atoms with van der Waals surface area (Å²) in [5.74, 6) is 0.498. The quantitative estimate of drug-likeness (QED) is 0.335. The lowest BCUT2D eigenvalue weighted by Crippen LogP contribution is -2.26. The van der Waals surface area contributed by atoms with Crippen LogP contribution in [0.1, 0.15) is 67.1 Å². The normalized spacial score (nSPS) is 11.0. The van der Waals surface area contributed by atoms with Crippen LogP contribution in [0.3, 0.4) is 0 Å². The molecule has 0 aliphatic rings. The molecule has 0 unspecified atom stereocenters. The van der Waals surface area contributed by atoms with Crippen LogP contribution in [-0.2, 0) is 11.2 Å². The van der Waals surface area contributed by atoms with E-state index in [1.54, 1.807) is 35.9 Å². The molecule has 0 atom stereocenters. The summed E-state index contributed by atoms with van der Waals surface area (Å²) >= 11 is 5.99. The zero-order valence-electron chi connectivity index (χ0n) is 19.7. The number of hydrogen-bond donors (Lipinski definition) is 1. The Hall–Kier alpha value is -2.79. The van der Waals surface area contributed by atoms with E-state index in [1.165, 1.54) is 25.7 Å². The third kappa shape index (κ3) is 6.17. The fourth-order valence-corrected chi connectivity index (χ4v) is 4.28. The molecule has 1 N–H and O–H groups in total. The number of halogens is 1. The summed E-state index contributed by atoms with van der Waals surface area (Å²) < 4.78 is 7.07. The molecule has 1 heterocycles. The van der Waals surface area contributed by atoms with Crippen LogP contribution in [0.5, 0.6) is 5.75 Å². The minimum atomic E-state index is -0.155. The number of hydrogen-bond acceptors (Lipinski definition) is 3. The Morgan fingerprint density at radius 3 is 2.39 bits per heavy atom. The van der Waals surface area contributed by atoms with Gasteiger partial charge in [0.15, 0.2) is 0 Å². The maximum absolute atomic E-state index is 13.4. The van der Waals surface area contributed by atoms with Gasteiger partial charge in [-0.15, -0.1) is 0 Å². The van der Waals surface area contributed by atoms with Gasteiger partial charge in [-0.25, -0.2) is 0 Å². The zero-order valence-corrected chi connectivity index (χ0v) is 20.5. The third-order valence-electron chi connectivity index (χ3n) is 6.03. The minimum Gasteiger partial charge on any atom is -0.497 e. The fraction of sp³-hybridized carbons (Fsp3) is 0.407. The van der Waals surface area contributed by atoms with Crippen LogP contribution in [0.4, 0.5) is 0 Å². The first-order valence-electron chi connectivity index (χ1n) is 11.7. The molecule has 0 saturated carbocycles. The number of fused-ring (bicyclic) bond motifs is 1. The Balaban J connectivity index is 1.81. The van der Waals surface area contributed by atoms with Gasteiger partial charge in [0.2, 0.25) is 5.91 Å². The Labute approximate surface area is 201 Å². The van der Waals surface area contributed by atoms with Gasteiger partial charge in [-0.1, -0.05) is 50.6 Å². The fourth-order valence-electron chi connectivity index (χ4n) is 4.15. The summed E-state index contributed by atoms with van der Waals surface area (Å²) in [5.41, 5.74) is 2.89. The van der Waals surface area contributed by atoms with E-state index in [0.717, 1.165) is 35.0 Å². The molecule has 0 radical (unpaired) electrons. The molecule has 1 aromatic heterocycles. The molecule has 6 heteroatoms. The zero-order chi connectivity index (χ0) is 23.8. The molecule has 0 aliphatic heterocycles. The maximum Gasteiger partial charge on any atom is 0.262 e. The van der Waals surface area contributed by atoms with Gasteiger partial charge in [-0.05, 0) is 61.4 Å². The highest BCUT2D eigenvalue weighted by molar-refractivity contribution is 6.30. The van der Waals surface area contributed by atoms with Gasteiger partial charge >= 0.3 is 0 Å². The second kappa shape index (κ2) is 11.9. The van der Waals surface area contributed by atoms with Crippen molar-refractivity contribution in [2.24, 2.45) is 0 Å². The van der Waals surface area contributed by atoms with Crippen LogP contribution in [0, 0.1) is 6.92 Å². The topological polar surface area (TPSA) is 60.3 Å². The summed E-state index contributed by atoms with van der Waals surface area (Å²) in [6, 6.07) is 12.4. The molecule has 0 aliphatic carbocycles. The van der Waals surface area contributed by atoms with E-state index >= 15 is 0 Å². The molecule has 5 nitrogen and oxygen atoms in total. The van der Waals surface area contributed by atoms with E-state index in [-0.39, 0.29) is 18.2 Å². The highest BCUT2D eigenvalue weighted by atomic mass is 35.5. The van der Waals surface area contributed by atoms with Crippen molar-refractivity contribution in [3.63, 3.8) is 0 Å². The molecule has 0 fully saturated rings. The number of methoxy groups -OCH3 is 1. The number of rotatable bonds is 11. The number of carbonyl (C=O) groups is 2. The molecule has 0 bridgehead atoms. The summed E-state index contributed by atoms with van der Waals surface area (Å²) in [6.07, 6.45) is 7.30. The first kappa shape index (κ1) is 24.8. The summed E-state index contributed by atoms with van der Waals surface area (Å²) in [5, 5.41) is 4.47. The van der Waals surface area contributed by atoms with E-state index in [4.69, 9.17) is 16.3 Å². The van der Waals surface area contributed by atoms with Crippen molar-refractivity contribution in [2.75, 3.05) is 13.7 Å². The summed E-state index contributed by atoms with van der Waals surface area (Å²) in [6.45, 7) is 4.77. The first-order chi connectivity index (χ1) is 16.0. The number of unbranched alkanes of at least 4 members (excludes halogenated alkanes) is 5. The van der Waals surface area contributed by atoms with E-state index < -0.39 is 0 Å². The van der Waals surface area contributed by atoms with Crippen molar-refractivity contribution < 1.29 is 14.3 Å². The van der Waals surface area contributed by atoms with Gasteiger partial charge < -0.3 is 10.1 Å². The Morgan fingerprint density at radius 1 is 1.00 bits per heavy atom. The third-order valence-corrected chi connectivity index (χ3v) is 6.28. The molecule has 33 heavy (non-hydrogen) atoms. The van der Waals surface area contributed by atoms with Gasteiger partial charge in [0.05, 0.1) is 19.0 Å². The molecule has 3 aromatic rings. The Morgan fingerprint density at radius 2 is 1.70 bits per heavy atom. The Kier molecular flexibility index (Phi) is 8.95. The molecule has 2 aromatic carbocycles. The SMILES string of the molecule is CCCCCCCCNC(=O)Cc1c(C)n(C(=O)c2ccc(Cl)cc2)c2ccc(O[11CH3])cc12. The smallest absolute Gasteiger partial charge is 0.262 e. The number of nitrogens with zero attached hydrogens (tertiary/aromatic N) is 1. The molecule has 1 amide bonds. The summed E-state index contributed by atoms with van der Waals surface area (Å²) in [4.78, 5) is 26.1. The molecule has 0 spiro atoms. The second-order valence-electron chi connectivity index (χ2n) is 8.39. The number of nitrogens with one attached hydrogen (secondary N) is 1. The van der Waals surface area contributed by atoms with Gasteiger partial charge in [0, 0.05) is 28.2 Å². The van der Waals surface area contributed by atoms with Crippen LogP contribution in [0.25, 0.3) is 10.9 Å². The van der Waals surface area contributed by atoms with Crippen LogP contribution in [0.15, 0.2) is 42.5 Å². The largest absolute Gasteiger partial charge is 0.497 e. The molecular formula is C27H33ClN2O3. The van der Waals surface area contributed by atoms with Gasteiger partial charge in [0.25, 0.3) is 5.91 Å². The van der Waals surface area contributed by atoms with Crippen LogP contribution in [-0.4, -0.2) is 30.0 Å². The highest BCUT2D eigenvalue weighted by Gasteiger charge is 2.22. The second-order valence-corrected chi connectivity index (χ2v) is 8.83. The Bertz CT molecular complexity index is 1100. The average molecular weight is 468 g/mol. The first-order valence-corrected chi connectivity index (χ1v) is 12.1. The van der Waals surface area contributed by atoms with E-state index in [0.29, 0.717) is 22.9 Å². The lowest BCUT2D eigenvalue weighted by atomic mass is 10.1. The van der Waals surface area contributed by atoms with Crippen molar-refractivity contribution in [3.05, 3.63) is 64.3 Å². The number of carbonyl (C=O) groups excluding carboxylic acids is 2. The standard InChI is InChI=1S/C27H33ClN2O3/c1-4-5-6-7-8-9-16-29-26(31)18-23-19(2)30(25-15-14-22(33-3)17-24(23)25)27(32)20-10-12-21(28)13-11-20/h10-15,17H,4-9,16,18H2,1-3H3,(H,29,31)/i3-1. The number of ether oxygens (including phenoxy) is 1. The number of aromatic nitrogens is 1. The lowest BCUT2D eigenvalue weighted by Gasteiger charge is -2.08. The predicted octanol–water partition coefficient (Wildman–Crippen LogP) is 6.32. The van der Waals surface area contributed by atoms with Crippen LogP contribution < -0.4 is 10.1 Å². The van der Waals surface area contributed by atoms with Gasteiger partial charge in [-0.3, -0.25) is 14.2 Å². The number of benzene rings is 2. The van der Waals surface area contributed by atoms with Gasteiger partial charge in [0.1, 0.15) is 5.75 Å². The van der Waals surface area contributed by atoms with E-state index in [9.17, 15) is 9.59 Å². The summed E-state index contributed by atoms with van der Waals surface area (Å²) in [7, 11) is 1.61. The van der Waals surface area contributed by atoms with Crippen molar-refractivity contribution in [3.8, 4) is 5.75 Å². The van der Waals surface area contributed by atoms with Crippen LogP contribution in [0.2, 0.25) is 5.02 Å². The van der Waals surface area contributed by atoms with E-state index in [1.807, 2.05) is 25.1 Å². The van der Waals surface area contributed by atoms with Crippen molar-refractivity contribution in [1.29, 1.82) is 0 Å². The highest BCUT2D eigenvalue weighted by Crippen LogP contribution is 2.30. The maximum atomic E-state index is 13.4. The van der Waals surface area contributed by atoms with Crippen molar-refractivity contribution in [2.45, 2.75) is 58.8 Å². The molecule has 176 valence electrons. The predicted molar refractivity (Wildman–Crippen MR) is 134 cm³/mol. The monoisotopic (exact) mass is 467 g/mol. The van der Waals surface area contributed by atoms with Crippen molar-refractivity contribution in [1.82, 2.24) is 9.88 Å². The average Bonchev–Trinajstić information content (AvgIpc) is 3.08. The molecular weight excluding hydrogens is 435 g/mol. The van der Waals surface area contributed by atoms with Crippen molar-refractivity contribution >= 4 is 34.3 Å².